The SMILES string of the molecule is COc1ccc2ccccc2c1C(CCO)C(C)(C)N. The van der Waals surface area contributed by atoms with Gasteiger partial charge in [0.05, 0.1) is 7.11 Å². The van der Waals surface area contributed by atoms with Crippen molar-refractivity contribution in [1.82, 2.24) is 0 Å². The van der Waals surface area contributed by atoms with Gasteiger partial charge in [-0.05, 0) is 37.1 Å². The van der Waals surface area contributed by atoms with E-state index in [0.29, 0.717) is 6.42 Å². The summed E-state index contributed by atoms with van der Waals surface area (Å²) in [4.78, 5) is 0. The number of fused-ring (bicyclic) bond motifs is 1. The molecule has 1 atom stereocenters. The van der Waals surface area contributed by atoms with E-state index in [4.69, 9.17) is 10.5 Å². The van der Waals surface area contributed by atoms with Crippen molar-refractivity contribution in [3.8, 4) is 5.75 Å². The molecule has 0 aromatic heterocycles. The van der Waals surface area contributed by atoms with Crippen molar-refractivity contribution in [3.63, 3.8) is 0 Å². The maximum Gasteiger partial charge on any atom is 0.123 e. The second-order valence-electron chi connectivity index (χ2n) is 5.79. The number of hydrogen-bond acceptors (Lipinski definition) is 3. The number of ether oxygens (including phenoxy) is 1. The van der Waals surface area contributed by atoms with E-state index in [-0.39, 0.29) is 12.5 Å². The fraction of sp³-hybridized carbons (Fsp3) is 0.412. The van der Waals surface area contributed by atoms with Gasteiger partial charge in [-0.25, -0.2) is 0 Å². The topological polar surface area (TPSA) is 55.5 Å². The molecular weight excluding hydrogens is 250 g/mol. The standard InChI is InChI=1S/C17H23NO2/c1-17(2,18)14(10-11-19)16-13-7-5-4-6-12(13)8-9-15(16)20-3/h4-9,14,19H,10-11,18H2,1-3H3. The number of aliphatic hydroxyl groups is 1. The Kier molecular flexibility index (Phi) is 4.31. The average molecular weight is 273 g/mol. The zero-order chi connectivity index (χ0) is 14.8. The van der Waals surface area contributed by atoms with Crippen LogP contribution in [-0.4, -0.2) is 24.4 Å². The van der Waals surface area contributed by atoms with E-state index in [1.54, 1.807) is 7.11 Å². The Hall–Kier alpha value is -1.58. The zero-order valence-corrected chi connectivity index (χ0v) is 12.4. The van der Waals surface area contributed by atoms with E-state index in [1.165, 1.54) is 0 Å². The first-order chi connectivity index (χ1) is 9.49. The minimum absolute atomic E-state index is 0.0357. The van der Waals surface area contributed by atoms with Crippen LogP contribution >= 0.6 is 0 Å². The molecule has 0 aliphatic rings. The summed E-state index contributed by atoms with van der Waals surface area (Å²) in [6.07, 6.45) is 0.619. The molecule has 0 heterocycles. The van der Waals surface area contributed by atoms with Crippen LogP contribution in [0.4, 0.5) is 0 Å². The Labute approximate surface area is 120 Å². The second kappa shape index (κ2) is 5.81. The van der Waals surface area contributed by atoms with E-state index in [2.05, 4.69) is 18.2 Å². The quantitative estimate of drug-likeness (QED) is 0.880. The highest BCUT2D eigenvalue weighted by atomic mass is 16.5. The fourth-order valence-corrected chi connectivity index (χ4v) is 2.83. The van der Waals surface area contributed by atoms with E-state index in [1.807, 2.05) is 32.0 Å². The van der Waals surface area contributed by atoms with Gasteiger partial charge in [0.1, 0.15) is 5.75 Å². The minimum atomic E-state index is -0.430. The van der Waals surface area contributed by atoms with E-state index >= 15 is 0 Å². The summed E-state index contributed by atoms with van der Waals surface area (Å²) in [5, 5.41) is 11.7. The molecule has 0 fully saturated rings. The third-order valence-electron chi connectivity index (χ3n) is 3.81. The van der Waals surface area contributed by atoms with E-state index < -0.39 is 5.54 Å². The zero-order valence-electron chi connectivity index (χ0n) is 12.4. The summed E-state index contributed by atoms with van der Waals surface area (Å²) in [5.41, 5.74) is 7.01. The van der Waals surface area contributed by atoms with E-state index in [9.17, 15) is 5.11 Å². The van der Waals surface area contributed by atoms with Gasteiger partial charge >= 0.3 is 0 Å². The lowest BCUT2D eigenvalue weighted by molar-refractivity contribution is 0.248. The number of methoxy groups -OCH3 is 1. The summed E-state index contributed by atoms with van der Waals surface area (Å²) >= 11 is 0. The van der Waals surface area contributed by atoms with Gasteiger partial charge in [-0.2, -0.15) is 0 Å². The molecule has 0 spiro atoms. The molecular formula is C17H23NO2. The highest BCUT2D eigenvalue weighted by Crippen LogP contribution is 2.40. The van der Waals surface area contributed by atoms with Gasteiger partial charge in [0.25, 0.3) is 0 Å². The molecule has 0 aliphatic carbocycles. The lowest BCUT2D eigenvalue weighted by Crippen LogP contribution is -2.40. The third kappa shape index (κ3) is 2.79. The van der Waals surface area contributed by atoms with Crippen molar-refractivity contribution in [3.05, 3.63) is 42.0 Å². The summed E-state index contributed by atoms with van der Waals surface area (Å²) < 4.78 is 5.54. The number of aliphatic hydroxyl groups excluding tert-OH is 1. The maximum absolute atomic E-state index is 9.40. The molecule has 108 valence electrons. The molecule has 0 bridgehead atoms. The van der Waals surface area contributed by atoms with E-state index in [0.717, 1.165) is 22.1 Å². The number of benzene rings is 2. The maximum atomic E-state index is 9.40. The van der Waals surface area contributed by atoms with Crippen LogP contribution in [0.1, 0.15) is 31.7 Å². The molecule has 3 heteroatoms. The van der Waals surface area contributed by atoms with Crippen LogP contribution in [-0.2, 0) is 0 Å². The van der Waals surface area contributed by atoms with Crippen LogP contribution in [0.5, 0.6) is 5.75 Å². The molecule has 0 radical (unpaired) electrons. The summed E-state index contributed by atoms with van der Waals surface area (Å²) in [6, 6.07) is 12.2. The molecule has 2 aromatic rings. The lowest BCUT2D eigenvalue weighted by atomic mass is 9.78. The minimum Gasteiger partial charge on any atom is -0.496 e. The van der Waals surface area contributed by atoms with Gasteiger partial charge in [-0.1, -0.05) is 30.3 Å². The Morgan fingerprint density at radius 3 is 2.50 bits per heavy atom. The monoisotopic (exact) mass is 273 g/mol. The van der Waals surface area contributed by atoms with Gasteiger partial charge in [-0.3, -0.25) is 0 Å². The first-order valence-electron chi connectivity index (χ1n) is 6.94. The molecule has 20 heavy (non-hydrogen) atoms. The molecule has 0 saturated heterocycles. The lowest BCUT2D eigenvalue weighted by Gasteiger charge is -2.32. The molecule has 3 nitrogen and oxygen atoms in total. The molecule has 0 amide bonds. The molecule has 0 saturated carbocycles. The normalized spacial score (nSPS) is 13.4. The fourth-order valence-electron chi connectivity index (χ4n) is 2.83. The van der Waals surface area contributed by atoms with Crippen LogP contribution in [0.2, 0.25) is 0 Å². The second-order valence-corrected chi connectivity index (χ2v) is 5.79. The number of rotatable bonds is 5. The highest BCUT2D eigenvalue weighted by molar-refractivity contribution is 5.88. The average Bonchev–Trinajstić information content (AvgIpc) is 2.42. The molecule has 0 aliphatic heterocycles. The van der Waals surface area contributed by atoms with Crippen molar-refractivity contribution >= 4 is 10.8 Å². The largest absolute Gasteiger partial charge is 0.496 e. The van der Waals surface area contributed by atoms with Crippen molar-refractivity contribution in [2.45, 2.75) is 31.7 Å². The van der Waals surface area contributed by atoms with Gasteiger partial charge < -0.3 is 15.6 Å². The van der Waals surface area contributed by atoms with Crippen LogP contribution in [0.15, 0.2) is 36.4 Å². The van der Waals surface area contributed by atoms with Crippen LogP contribution in [0, 0.1) is 0 Å². The van der Waals surface area contributed by atoms with Crippen molar-refractivity contribution in [2.24, 2.45) is 5.73 Å². The van der Waals surface area contributed by atoms with Crippen molar-refractivity contribution in [1.29, 1.82) is 0 Å². The Morgan fingerprint density at radius 2 is 1.90 bits per heavy atom. The molecule has 2 aromatic carbocycles. The molecule has 3 N–H and O–H groups in total. The van der Waals surface area contributed by atoms with Gasteiger partial charge in [0.15, 0.2) is 0 Å². The summed E-state index contributed by atoms with van der Waals surface area (Å²) in [6.45, 7) is 4.10. The van der Waals surface area contributed by atoms with Gasteiger partial charge in [-0.15, -0.1) is 0 Å². The summed E-state index contributed by atoms with van der Waals surface area (Å²) in [7, 11) is 1.67. The Bertz CT molecular complexity index is 587. The third-order valence-corrected chi connectivity index (χ3v) is 3.81. The van der Waals surface area contributed by atoms with Gasteiger partial charge in [0.2, 0.25) is 0 Å². The highest BCUT2D eigenvalue weighted by Gasteiger charge is 2.30. The van der Waals surface area contributed by atoms with Gasteiger partial charge in [0, 0.05) is 23.6 Å². The van der Waals surface area contributed by atoms with Crippen molar-refractivity contribution < 1.29 is 9.84 Å². The van der Waals surface area contributed by atoms with Crippen molar-refractivity contribution in [2.75, 3.05) is 13.7 Å². The predicted molar refractivity (Wildman–Crippen MR) is 83.2 cm³/mol. The molecule has 1 unspecified atom stereocenters. The number of hydrogen-bond donors (Lipinski definition) is 2. The first kappa shape index (κ1) is 14.8. The Morgan fingerprint density at radius 1 is 1.20 bits per heavy atom. The van der Waals surface area contributed by atoms with Crippen LogP contribution in [0.25, 0.3) is 10.8 Å². The van der Waals surface area contributed by atoms with Crippen LogP contribution in [0.3, 0.4) is 0 Å². The first-order valence-corrected chi connectivity index (χ1v) is 6.94. The Balaban J connectivity index is 2.71. The number of nitrogens with two attached hydrogens (primary N) is 1. The van der Waals surface area contributed by atoms with Crippen LogP contribution < -0.4 is 10.5 Å². The summed E-state index contributed by atoms with van der Waals surface area (Å²) in [5.74, 6) is 0.870. The molecule has 2 rings (SSSR count). The smallest absolute Gasteiger partial charge is 0.123 e. The predicted octanol–water partition coefficient (Wildman–Crippen LogP) is 3.05.